The molecule has 0 aliphatic rings. The average molecular weight is 394 g/mol. The Bertz CT molecular complexity index is 1210. The first kappa shape index (κ1) is 17.9. The molecule has 0 saturated heterocycles. The van der Waals surface area contributed by atoms with Crippen LogP contribution in [0.4, 0.5) is 0 Å². The molecule has 136 valence electrons. The topological polar surface area (TPSA) is 39.1 Å². The van der Waals surface area contributed by atoms with Crippen LogP contribution in [0, 0.1) is 13.8 Å². The first-order chi connectivity index (χ1) is 12.9. The molecule has 0 radical (unpaired) electrons. The summed E-state index contributed by atoms with van der Waals surface area (Å²) < 4.78 is 27.8. The fourth-order valence-corrected chi connectivity index (χ4v) is 5.36. The number of benzene rings is 3. The molecule has 3 aromatic carbocycles. The molecule has 1 heterocycles. The molecule has 0 saturated carbocycles. The summed E-state index contributed by atoms with van der Waals surface area (Å²) in [5.41, 5.74) is 2.92. The lowest BCUT2D eigenvalue weighted by Gasteiger charge is -2.07. The van der Waals surface area contributed by atoms with E-state index in [1.165, 1.54) is 9.54 Å². The smallest absolute Gasteiger partial charge is 0.240 e. The molecule has 0 unspecified atom stereocenters. The monoisotopic (exact) mass is 393 g/mol. The van der Waals surface area contributed by atoms with Gasteiger partial charge in [0.15, 0.2) is 0 Å². The van der Waals surface area contributed by atoms with Crippen molar-refractivity contribution in [3.63, 3.8) is 0 Å². The fourth-order valence-electron chi connectivity index (χ4n) is 2.96. The first-order valence-electron chi connectivity index (χ1n) is 8.62. The summed E-state index contributed by atoms with van der Waals surface area (Å²) in [6.45, 7) is 3.99. The van der Waals surface area contributed by atoms with Gasteiger partial charge < -0.3 is 0 Å². The van der Waals surface area contributed by atoms with Crippen molar-refractivity contribution in [1.29, 1.82) is 0 Å². The quantitative estimate of drug-likeness (QED) is 0.450. The van der Waals surface area contributed by atoms with E-state index in [-0.39, 0.29) is 0 Å². The van der Waals surface area contributed by atoms with Crippen LogP contribution in [0.5, 0.6) is 0 Å². The van der Waals surface area contributed by atoms with E-state index in [9.17, 15) is 8.42 Å². The van der Waals surface area contributed by atoms with Crippen LogP contribution < -0.4 is 0 Å². The van der Waals surface area contributed by atoms with Crippen molar-refractivity contribution in [1.82, 2.24) is 3.97 Å². The Morgan fingerprint density at radius 3 is 2.04 bits per heavy atom. The molecule has 27 heavy (non-hydrogen) atoms. The van der Waals surface area contributed by atoms with Gasteiger partial charge in [-0.3, -0.25) is 0 Å². The SMILES string of the molecule is Cc1ccc(Sc2cn(S(=O)(=O)c3ccc(C)cc3)c3ccccc23)cc1. The van der Waals surface area contributed by atoms with Crippen LogP contribution in [0.3, 0.4) is 0 Å². The lowest BCUT2D eigenvalue weighted by atomic mass is 10.2. The number of hydrogen-bond acceptors (Lipinski definition) is 3. The second-order valence-electron chi connectivity index (χ2n) is 6.54. The van der Waals surface area contributed by atoms with E-state index in [0.717, 1.165) is 20.7 Å². The zero-order valence-corrected chi connectivity index (χ0v) is 16.7. The van der Waals surface area contributed by atoms with Gasteiger partial charge in [0.25, 0.3) is 10.0 Å². The van der Waals surface area contributed by atoms with Gasteiger partial charge in [0.1, 0.15) is 0 Å². The maximum atomic E-state index is 13.2. The van der Waals surface area contributed by atoms with Gasteiger partial charge in [-0.2, -0.15) is 0 Å². The summed E-state index contributed by atoms with van der Waals surface area (Å²) in [7, 11) is -3.66. The second-order valence-corrected chi connectivity index (χ2v) is 9.47. The van der Waals surface area contributed by atoms with Gasteiger partial charge in [0.05, 0.1) is 10.4 Å². The largest absolute Gasteiger partial charge is 0.268 e. The molecule has 0 bridgehead atoms. The van der Waals surface area contributed by atoms with Crippen LogP contribution in [0.25, 0.3) is 10.9 Å². The number of rotatable bonds is 4. The van der Waals surface area contributed by atoms with Crippen LogP contribution >= 0.6 is 11.8 Å². The molecule has 0 aliphatic carbocycles. The molecule has 3 nitrogen and oxygen atoms in total. The zero-order chi connectivity index (χ0) is 19.0. The van der Waals surface area contributed by atoms with Crippen molar-refractivity contribution < 1.29 is 8.42 Å². The molecular weight excluding hydrogens is 374 g/mol. The Morgan fingerprint density at radius 2 is 1.37 bits per heavy atom. The maximum absolute atomic E-state index is 13.2. The van der Waals surface area contributed by atoms with Gasteiger partial charge in [-0.25, -0.2) is 12.4 Å². The molecule has 5 heteroatoms. The molecule has 4 aromatic rings. The van der Waals surface area contributed by atoms with E-state index in [0.29, 0.717) is 10.4 Å². The normalized spacial score (nSPS) is 11.8. The first-order valence-corrected chi connectivity index (χ1v) is 10.9. The predicted octanol–water partition coefficient (Wildman–Crippen LogP) is 5.65. The summed E-state index contributed by atoms with van der Waals surface area (Å²) in [6.07, 6.45) is 1.73. The minimum Gasteiger partial charge on any atom is -0.240 e. The van der Waals surface area contributed by atoms with Crippen molar-refractivity contribution in [2.24, 2.45) is 0 Å². The van der Waals surface area contributed by atoms with Crippen LogP contribution in [0.15, 0.2) is 93.7 Å². The number of aromatic nitrogens is 1. The molecule has 0 N–H and O–H groups in total. The maximum Gasteiger partial charge on any atom is 0.268 e. The third-order valence-corrected chi connectivity index (χ3v) is 7.21. The third kappa shape index (κ3) is 3.40. The lowest BCUT2D eigenvalue weighted by Crippen LogP contribution is -2.11. The second kappa shape index (κ2) is 6.91. The van der Waals surface area contributed by atoms with Gasteiger partial charge >= 0.3 is 0 Å². The number of aryl methyl sites for hydroxylation is 2. The zero-order valence-electron chi connectivity index (χ0n) is 15.1. The highest BCUT2D eigenvalue weighted by Crippen LogP contribution is 2.36. The van der Waals surface area contributed by atoms with Crippen molar-refractivity contribution in [3.8, 4) is 0 Å². The molecule has 0 amide bonds. The highest BCUT2D eigenvalue weighted by Gasteiger charge is 2.21. The van der Waals surface area contributed by atoms with E-state index in [2.05, 4.69) is 31.2 Å². The van der Waals surface area contributed by atoms with Gasteiger partial charge in [-0.1, -0.05) is 65.4 Å². The summed E-state index contributed by atoms with van der Waals surface area (Å²) >= 11 is 1.58. The fraction of sp³-hybridized carbons (Fsp3) is 0.0909. The van der Waals surface area contributed by atoms with Crippen molar-refractivity contribution in [2.75, 3.05) is 0 Å². The Labute approximate surface area is 163 Å². The van der Waals surface area contributed by atoms with Crippen LogP contribution in [-0.2, 0) is 10.0 Å². The molecule has 0 spiro atoms. The van der Waals surface area contributed by atoms with Crippen molar-refractivity contribution in [2.45, 2.75) is 28.5 Å². The summed E-state index contributed by atoms with van der Waals surface area (Å²) in [5.74, 6) is 0. The Hall–Kier alpha value is -2.50. The molecule has 4 rings (SSSR count). The summed E-state index contributed by atoms with van der Waals surface area (Å²) in [6, 6.07) is 22.8. The molecule has 0 fully saturated rings. The van der Waals surface area contributed by atoms with Crippen LogP contribution in [-0.4, -0.2) is 12.4 Å². The van der Waals surface area contributed by atoms with Crippen molar-refractivity contribution in [3.05, 3.63) is 90.1 Å². The molecular formula is C22H19NO2S2. The lowest BCUT2D eigenvalue weighted by molar-refractivity contribution is 0.589. The van der Waals surface area contributed by atoms with E-state index in [4.69, 9.17) is 0 Å². The van der Waals surface area contributed by atoms with Crippen molar-refractivity contribution >= 4 is 32.7 Å². The number of fused-ring (bicyclic) bond motifs is 1. The standard InChI is InChI=1S/C22H19NO2S2/c1-16-7-11-18(12-8-16)26-22-15-23(21-6-4-3-5-20(21)22)27(24,25)19-13-9-17(2)10-14-19/h3-15H,1-2H3. The average Bonchev–Trinajstić information content (AvgIpc) is 3.03. The van der Waals surface area contributed by atoms with E-state index in [1.807, 2.05) is 43.3 Å². The van der Waals surface area contributed by atoms with E-state index in [1.54, 1.807) is 30.1 Å². The van der Waals surface area contributed by atoms with Crippen LogP contribution in [0.1, 0.15) is 11.1 Å². The van der Waals surface area contributed by atoms with E-state index < -0.39 is 10.0 Å². The Balaban J connectivity index is 1.84. The summed E-state index contributed by atoms with van der Waals surface area (Å²) in [5, 5.41) is 0.929. The highest BCUT2D eigenvalue weighted by atomic mass is 32.2. The number of para-hydroxylation sites is 1. The molecule has 0 aliphatic heterocycles. The van der Waals surface area contributed by atoms with Crippen LogP contribution in [0.2, 0.25) is 0 Å². The van der Waals surface area contributed by atoms with Gasteiger partial charge in [-0.15, -0.1) is 0 Å². The molecule has 0 atom stereocenters. The van der Waals surface area contributed by atoms with Gasteiger partial charge in [-0.05, 0) is 44.2 Å². The summed E-state index contributed by atoms with van der Waals surface area (Å²) in [4.78, 5) is 2.29. The van der Waals surface area contributed by atoms with E-state index >= 15 is 0 Å². The predicted molar refractivity (Wildman–Crippen MR) is 111 cm³/mol. The highest BCUT2D eigenvalue weighted by molar-refractivity contribution is 7.99. The minimum absolute atomic E-state index is 0.292. The third-order valence-electron chi connectivity index (χ3n) is 4.47. The molecule has 1 aromatic heterocycles. The number of nitrogens with zero attached hydrogens (tertiary/aromatic N) is 1. The Kier molecular flexibility index (Phi) is 4.58. The van der Waals surface area contributed by atoms with Gasteiger partial charge in [0, 0.05) is 21.4 Å². The minimum atomic E-state index is -3.66. The Morgan fingerprint density at radius 1 is 0.778 bits per heavy atom. The van der Waals surface area contributed by atoms with Gasteiger partial charge in [0.2, 0.25) is 0 Å². The number of hydrogen-bond donors (Lipinski definition) is 0.